The van der Waals surface area contributed by atoms with Gasteiger partial charge in [-0.1, -0.05) is 18.2 Å². The summed E-state index contributed by atoms with van der Waals surface area (Å²) in [5, 5.41) is 0. The number of aromatic nitrogens is 1. The highest BCUT2D eigenvalue weighted by molar-refractivity contribution is 7.16. The Balaban J connectivity index is 2.65. The number of rotatable bonds is 2. The number of benzene rings is 1. The van der Waals surface area contributed by atoms with E-state index in [4.69, 9.17) is 0 Å². The lowest BCUT2D eigenvalue weighted by Crippen LogP contribution is -1.81. The molecule has 0 saturated heterocycles. The monoisotopic (exact) mass is 174 g/mol. The Labute approximate surface area is 75.4 Å². The molecule has 1 heterocycles. The van der Waals surface area contributed by atoms with Gasteiger partial charge < -0.3 is 0 Å². The number of hydrogen-bond acceptors (Lipinski definition) is 2. The van der Waals surface area contributed by atoms with Crippen LogP contribution in [0.4, 0.5) is 0 Å². The van der Waals surface area contributed by atoms with Crippen LogP contribution >= 0.6 is 11.3 Å². The Morgan fingerprint density at radius 1 is 1.58 bits per heavy atom. The summed E-state index contributed by atoms with van der Waals surface area (Å²) < 4.78 is 1.20. The van der Waals surface area contributed by atoms with Gasteiger partial charge in [0.1, 0.15) is 0 Å². The van der Waals surface area contributed by atoms with Gasteiger partial charge in [0.15, 0.2) is 5.51 Å². The highest BCUT2D eigenvalue weighted by atomic mass is 32.1. The molecule has 0 bridgehead atoms. The van der Waals surface area contributed by atoms with Gasteiger partial charge in [0.05, 0.1) is 10.2 Å². The van der Waals surface area contributed by atoms with E-state index in [1.807, 2.05) is 12.1 Å². The topological polar surface area (TPSA) is 12.9 Å². The van der Waals surface area contributed by atoms with Crippen LogP contribution in [0.1, 0.15) is 5.56 Å². The summed E-state index contributed by atoms with van der Waals surface area (Å²) in [5.74, 6) is 0. The molecular weight excluding hydrogens is 166 g/mol. The van der Waals surface area contributed by atoms with Gasteiger partial charge in [0.2, 0.25) is 0 Å². The molecule has 0 aliphatic heterocycles. The lowest BCUT2D eigenvalue weighted by molar-refractivity contribution is 1.28. The fraction of sp³-hybridized carbons (Fsp3) is 0.100. The standard InChI is InChI=1S/C10H8NS/c1-2-4-8-5-3-6-9-10(8)11-7-12-9/h2-3,5-6H,1,4H2. The summed E-state index contributed by atoms with van der Waals surface area (Å²) in [4.78, 5) is 4.18. The average Bonchev–Trinajstić information content (AvgIpc) is 2.53. The predicted molar refractivity (Wildman–Crippen MR) is 52.4 cm³/mol. The third-order valence-electron chi connectivity index (χ3n) is 1.76. The first-order valence-electron chi connectivity index (χ1n) is 3.77. The summed E-state index contributed by atoms with van der Waals surface area (Å²) in [7, 11) is 0. The van der Waals surface area contributed by atoms with Crippen LogP contribution in [0.5, 0.6) is 0 Å². The second-order valence-corrected chi connectivity index (χ2v) is 3.39. The molecule has 1 nitrogen and oxygen atoms in total. The predicted octanol–water partition coefficient (Wildman–Crippen LogP) is 2.82. The summed E-state index contributed by atoms with van der Waals surface area (Å²) in [5.41, 5.74) is 5.20. The fourth-order valence-electron chi connectivity index (χ4n) is 1.21. The van der Waals surface area contributed by atoms with Crippen LogP contribution < -0.4 is 0 Å². The molecule has 12 heavy (non-hydrogen) atoms. The average molecular weight is 174 g/mol. The van der Waals surface area contributed by atoms with Crippen LogP contribution in [0.3, 0.4) is 0 Å². The molecule has 2 aromatic rings. The van der Waals surface area contributed by atoms with Crippen molar-refractivity contribution in [3.8, 4) is 0 Å². The zero-order chi connectivity index (χ0) is 8.39. The number of fused-ring (bicyclic) bond motifs is 1. The molecule has 0 unspecified atom stereocenters. The molecule has 1 aromatic carbocycles. The molecule has 59 valence electrons. The van der Waals surface area contributed by atoms with Crippen molar-refractivity contribution in [2.45, 2.75) is 6.42 Å². The van der Waals surface area contributed by atoms with Crippen molar-refractivity contribution < 1.29 is 0 Å². The van der Waals surface area contributed by atoms with Gasteiger partial charge in [0, 0.05) is 0 Å². The number of para-hydroxylation sites is 1. The molecule has 0 fully saturated rings. The molecule has 1 aromatic heterocycles. The van der Waals surface area contributed by atoms with Gasteiger partial charge in [-0.15, -0.1) is 17.9 Å². The van der Waals surface area contributed by atoms with E-state index in [-0.39, 0.29) is 0 Å². The minimum atomic E-state index is 0.884. The van der Waals surface area contributed by atoms with E-state index in [0.29, 0.717) is 0 Å². The highest BCUT2D eigenvalue weighted by Gasteiger charge is 2.00. The number of thiazole rings is 1. The van der Waals surface area contributed by atoms with E-state index in [9.17, 15) is 0 Å². The molecule has 2 rings (SSSR count). The Morgan fingerprint density at radius 2 is 2.50 bits per heavy atom. The molecular formula is C10H8NS. The van der Waals surface area contributed by atoms with Crippen molar-refractivity contribution in [3.63, 3.8) is 0 Å². The van der Waals surface area contributed by atoms with Crippen LogP contribution in [0.2, 0.25) is 0 Å². The molecule has 0 atom stereocenters. The lowest BCUT2D eigenvalue weighted by atomic mass is 10.1. The maximum Gasteiger partial charge on any atom is 0.153 e. The first kappa shape index (κ1) is 7.50. The van der Waals surface area contributed by atoms with Crippen LogP contribution in [0.15, 0.2) is 30.9 Å². The Bertz CT molecular complexity index is 403. The van der Waals surface area contributed by atoms with E-state index < -0.39 is 0 Å². The Morgan fingerprint density at radius 3 is 3.33 bits per heavy atom. The number of hydrogen-bond donors (Lipinski definition) is 0. The third-order valence-corrected chi connectivity index (χ3v) is 2.49. The number of allylic oxidation sites excluding steroid dienone is 1. The summed E-state index contributed by atoms with van der Waals surface area (Å²) in [6.07, 6.45) is 2.78. The van der Waals surface area contributed by atoms with Crippen LogP contribution in [0.25, 0.3) is 10.2 Å². The summed E-state index contributed by atoms with van der Waals surface area (Å²) >= 11 is 1.56. The maximum atomic E-state index is 4.18. The third kappa shape index (κ3) is 1.14. The zero-order valence-corrected chi connectivity index (χ0v) is 7.40. The minimum Gasteiger partial charge on any atom is -0.233 e. The largest absolute Gasteiger partial charge is 0.233 e. The molecule has 0 amide bonds. The molecule has 2 heteroatoms. The van der Waals surface area contributed by atoms with Crippen LogP contribution in [0, 0.1) is 5.51 Å². The highest BCUT2D eigenvalue weighted by Crippen LogP contribution is 2.20. The van der Waals surface area contributed by atoms with E-state index in [0.717, 1.165) is 11.9 Å². The van der Waals surface area contributed by atoms with Crippen molar-refractivity contribution in [1.82, 2.24) is 4.98 Å². The fourth-order valence-corrected chi connectivity index (χ4v) is 1.87. The van der Waals surface area contributed by atoms with E-state index in [2.05, 4.69) is 29.2 Å². The van der Waals surface area contributed by atoms with Gasteiger partial charge in [-0.05, 0) is 18.1 Å². The molecule has 0 aliphatic carbocycles. The molecule has 0 saturated carbocycles. The van der Waals surface area contributed by atoms with Gasteiger partial charge in [-0.3, -0.25) is 0 Å². The van der Waals surface area contributed by atoms with Crippen molar-refractivity contribution in [3.05, 3.63) is 41.9 Å². The van der Waals surface area contributed by atoms with Gasteiger partial charge in [-0.2, -0.15) is 0 Å². The SMILES string of the molecule is C=CCc1cccc2s[c]nc12. The van der Waals surface area contributed by atoms with Gasteiger partial charge >= 0.3 is 0 Å². The number of nitrogens with zero attached hydrogens (tertiary/aromatic N) is 1. The van der Waals surface area contributed by atoms with Crippen molar-refractivity contribution in [2.24, 2.45) is 0 Å². The normalized spacial score (nSPS) is 10.3. The van der Waals surface area contributed by atoms with Gasteiger partial charge in [-0.25, -0.2) is 4.98 Å². The molecule has 1 radical (unpaired) electrons. The van der Waals surface area contributed by atoms with E-state index in [1.165, 1.54) is 10.3 Å². The molecule has 0 spiro atoms. The summed E-state index contributed by atoms with van der Waals surface area (Å²) in [6, 6.07) is 6.20. The van der Waals surface area contributed by atoms with Crippen LogP contribution in [-0.4, -0.2) is 4.98 Å². The smallest absolute Gasteiger partial charge is 0.153 e. The quantitative estimate of drug-likeness (QED) is 0.638. The molecule has 0 N–H and O–H groups in total. The first-order chi connectivity index (χ1) is 5.92. The van der Waals surface area contributed by atoms with E-state index >= 15 is 0 Å². The summed E-state index contributed by atoms with van der Waals surface area (Å²) in [6.45, 7) is 3.71. The molecule has 0 aliphatic rings. The van der Waals surface area contributed by atoms with Crippen LogP contribution in [-0.2, 0) is 6.42 Å². The van der Waals surface area contributed by atoms with Gasteiger partial charge in [0.25, 0.3) is 0 Å². The van der Waals surface area contributed by atoms with Crippen molar-refractivity contribution >= 4 is 21.6 Å². The Hall–Kier alpha value is -1.15. The first-order valence-corrected chi connectivity index (χ1v) is 4.59. The van der Waals surface area contributed by atoms with Crippen molar-refractivity contribution in [1.29, 1.82) is 0 Å². The maximum absolute atomic E-state index is 4.18. The lowest BCUT2D eigenvalue weighted by Gasteiger charge is -1.95. The van der Waals surface area contributed by atoms with Crippen molar-refractivity contribution in [2.75, 3.05) is 0 Å². The van der Waals surface area contributed by atoms with E-state index in [1.54, 1.807) is 11.3 Å². The second-order valence-electron chi connectivity index (χ2n) is 2.56. The minimum absolute atomic E-state index is 0.884. The zero-order valence-electron chi connectivity index (χ0n) is 6.58. The second kappa shape index (κ2) is 3.07. The Kier molecular flexibility index (Phi) is 1.92.